The van der Waals surface area contributed by atoms with Crippen LogP contribution in [-0.4, -0.2) is 4.98 Å². The highest BCUT2D eigenvalue weighted by Crippen LogP contribution is 2.38. The first-order chi connectivity index (χ1) is 10.3. The Morgan fingerprint density at radius 3 is 2.23 bits per heavy atom. The Morgan fingerprint density at radius 2 is 1.59 bits per heavy atom. The summed E-state index contributed by atoms with van der Waals surface area (Å²) in [6.07, 6.45) is -4.42. The largest absolute Gasteiger partial charge is 0.431 e. The van der Waals surface area contributed by atoms with E-state index in [4.69, 9.17) is 23.2 Å². The smallest absolute Gasteiger partial charge is 0.351 e. The third-order valence-corrected chi connectivity index (χ3v) is 4.05. The van der Waals surface area contributed by atoms with Gasteiger partial charge < -0.3 is 4.98 Å². The molecule has 0 aliphatic rings. The maximum atomic E-state index is 12.8. The number of rotatable bonds is 1. The van der Waals surface area contributed by atoms with E-state index in [9.17, 15) is 13.2 Å². The number of aromatic amines is 1. The van der Waals surface area contributed by atoms with Crippen LogP contribution in [0.25, 0.3) is 22.0 Å². The summed E-state index contributed by atoms with van der Waals surface area (Å²) in [5.74, 6) is 0. The summed E-state index contributed by atoms with van der Waals surface area (Å²) in [4.78, 5) is 2.34. The van der Waals surface area contributed by atoms with Crippen molar-refractivity contribution in [1.29, 1.82) is 0 Å². The van der Waals surface area contributed by atoms with Crippen molar-refractivity contribution >= 4 is 34.1 Å². The molecule has 1 heterocycles. The Labute approximate surface area is 134 Å². The minimum absolute atomic E-state index is 0.337. The molecular formula is C16H10Cl2F3N. The predicted octanol–water partition coefficient (Wildman–Crippen LogP) is 6.47. The quantitative estimate of drug-likeness (QED) is 0.521. The lowest BCUT2D eigenvalue weighted by Gasteiger charge is -2.08. The number of fused-ring (bicyclic) bond motifs is 1. The molecule has 1 aromatic heterocycles. The van der Waals surface area contributed by atoms with E-state index in [1.54, 1.807) is 12.1 Å². The monoisotopic (exact) mass is 343 g/mol. The number of halogens is 5. The number of hydrogen-bond acceptors (Lipinski definition) is 0. The van der Waals surface area contributed by atoms with Crippen molar-refractivity contribution in [3.05, 3.63) is 57.7 Å². The molecule has 0 atom stereocenters. The molecule has 3 rings (SSSR count). The summed E-state index contributed by atoms with van der Waals surface area (Å²) in [5.41, 5.74) is 1.82. The molecule has 0 aliphatic heterocycles. The van der Waals surface area contributed by atoms with Crippen LogP contribution in [0.1, 0.15) is 11.3 Å². The highest BCUT2D eigenvalue weighted by Gasteiger charge is 2.32. The molecule has 0 amide bonds. The zero-order chi connectivity index (χ0) is 16.1. The third kappa shape index (κ3) is 2.69. The number of alkyl halides is 3. The van der Waals surface area contributed by atoms with E-state index in [1.165, 1.54) is 6.07 Å². The van der Waals surface area contributed by atoms with Gasteiger partial charge in [0.1, 0.15) is 5.69 Å². The van der Waals surface area contributed by atoms with Crippen molar-refractivity contribution in [3.63, 3.8) is 0 Å². The predicted molar refractivity (Wildman–Crippen MR) is 83.5 cm³/mol. The first-order valence-corrected chi connectivity index (χ1v) is 7.17. The van der Waals surface area contributed by atoms with Crippen LogP contribution < -0.4 is 0 Å². The molecule has 2 aromatic carbocycles. The van der Waals surface area contributed by atoms with Gasteiger partial charge in [0.05, 0.1) is 5.02 Å². The normalized spacial score (nSPS) is 12.1. The first-order valence-electron chi connectivity index (χ1n) is 6.41. The Kier molecular flexibility index (Phi) is 3.62. The third-order valence-electron chi connectivity index (χ3n) is 3.43. The van der Waals surface area contributed by atoms with Crippen LogP contribution in [0.5, 0.6) is 0 Å². The second-order valence-corrected chi connectivity index (χ2v) is 5.90. The molecule has 0 bridgehead atoms. The van der Waals surface area contributed by atoms with Gasteiger partial charge in [-0.1, -0.05) is 35.3 Å². The number of aryl methyl sites for hydroxylation is 1. The number of nitrogens with one attached hydrogen (secondary N) is 1. The second kappa shape index (κ2) is 5.21. The van der Waals surface area contributed by atoms with Gasteiger partial charge >= 0.3 is 6.18 Å². The van der Waals surface area contributed by atoms with Crippen molar-refractivity contribution in [2.75, 3.05) is 0 Å². The molecular weight excluding hydrogens is 334 g/mol. The van der Waals surface area contributed by atoms with Crippen molar-refractivity contribution in [3.8, 4) is 11.1 Å². The zero-order valence-electron chi connectivity index (χ0n) is 11.4. The number of aromatic nitrogens is 1. The molecule has 0 saturated carbocycles. The van der Waals surface area contributed by atoms with E-state index in [0.717, 1.165) is 11.6 Å². The van der Waals surface area contributed by atoms with E-state index in [2.05, 4.69) is 4.98 Å². The summed E-state index contributed by atoms with van der Waals surface area (Å²) in [5, 5.41) is 1.28. The van der Waals surface area contributed by atoms with Gasteiger partial charge in [0.15, 0.2) is 0 Å². The highest BCUT2D eigenvalue weighted by atomic mass is 35.5. The van der Waals surface area contributed by atoms with Crippen LogP contribution in [0.3, 0.4) is 0 Å². The summed E-state index contributed by atoms with van der Waals surface area (Å²) in [6.45, 7) is 1.90. The molecule has 0 aliphatic carbocycles. The molecule has 6 heteroatoms. The van der Waals surface area contributed by atoms with Crippen LogP contribution in [-0.2, 0) is 6.18 Å². The maximum absolute atomic E-state index is 12.8. The zero-order valence-corrected chi connectivity index (χ0v) is 12.9. The van der Waals surface area contributed by atoms with E-state index < -0.39 is 11.9 Å². The maximum Gasteiger partial charge on any atom is 0.431 e. The van der Waals surface area contributed by atoms with E-state index in [-0.39, 0.29) is 0 Å². The molecule has 0 saturated heterocycles. The van der Waals surface area contributed by atoms with Crippen LogP contribution in [0, 0.1) is 6.92 Å². The molecule has 0 radical (unpaired) electrons. The van der Waals surface area contributed by atoms with Gasteiger partial charge in [-0.15, -0.1) is 0 Å². The topological polar surface area (TPSA) is 15.8 Å². The lowest BCUT2D eigenvalue weighted by Crippen LogP contribution is -2.04. The number of H-pyrrole nitrogens is 1. The van der Waals surface area contributed by atoms with Crippen LogP contribution in [0.15, 0.2) is 36.4 Å². The van der Waals surface area contributed by atoms with E-state index in [0.29, 0.717) is 32.1 Å². The Bertz CT molecular complexity index is 866. The molecule has 0 spiro atoms. The fraction of sp³-hybridized carbons (Fsp3) is 0.125. The molecule has 0 unspecified atom stereocenters. The minimum Gasteiger partial charge on any atom is -0.351 e. The number of benzene rings is 2. The van der Waals surface area contributed by atoms with Crippen LogP contribution in [0.4, 0.5) is 13.2 Å². The summed E-state index contributed by atoms with van der Waals surface area (Å²) in [7, 11) is 0. The van der Waals surface area contributed by atoms with Gasteiger partial charge in [-0.25, -0.2) is 0 Å². The highest BCUT2D eigenvalue weighted by molar-refractivity contribution is 6.37. The van der Waals surface area contributed by atoms with Crippen LogP contribution >= 0.6 is 23.2 Å². The summed E-state index contributed by atoms with van der Waals surface area (Å²) >= 11 is 12.4. The van der Waals surface area contributed by atoms with Gasteiger partial charge in [-0.2, -0.15) is 13.2 Å². The van der Waals surface area contributed by atoms with Gasteiger partial charge in [0.25, 0.3) is 0 Å². The summed E-state index contributed by atoms with van der Waals surface area (Å²) < 4.78 is 38.3. The molecule has 0 fully saturated rings. The first kappa shape index (κ1) is 15.3. The van der Waals surface area contributed by atoms with Gasteiger partial charge in [-0.3, -0.25) is 0 Å². The average molecular weight is 344 g/mol. The summed E-state index contributed by atoms with van der Waals surface area (Å²) in [6, 6.07) is 9.63. The number of hydrogen-bond donors (Lipinski definition) is 1. The Morgan fingerprint density at radius 1 is 0.909 bits per heavy atom. The molecule has 1 N–H and O–H groups in total. The lowest BCUT2D eigenvalue weighted by atomic mass is 10.0. The molecule has 3 aromatic rings. The standard InChI is InChI=1S/C16H10Cl2F3N/c1-8-2-3-10(12(17)4-8)11-5-9-6-15(16(19,20)21)22-14(9)7-13(11)18/h2-7,22H,1H3. The van der Waals surface area contributed by atoms with E-state index >= 15 is 0 Å². The second-order valence-electron chi connectivity index (χ2n) is 5.08. The van der Waals surface area contributed by atoms with Crippen molar-refractivity contribution in [1.82, 2.24) is 4.98 Å². The fourth-order valence-corrected chi connectivity index (χ4v) is 2.95. The van der Waals surface area contributed by atoms with Gasteiger partial charge in [-0.05, 0) is 36.8 Å². The molecule has 22 heavy (non-hydrogen) atoms. The van der Waals surface area contributed by atoms with Gasteiger partial charge in [0.2, 0.25) is 0 Å². The van der Waals surface area contributed by atoms with Crippen molar-refractivity contribution in [2.45, 2.75) is 13.1 Å². The Hall–Kier alpha value is -1.65. The van der Waals surface area contributed by atoms with Gasteiger partial charge in [0, 0.05) is 27.1 Å². The van der Waals surface area contributed by atoms with Crippen molar-refractivity contribution < 1.29 is 13.2 Å². The Balaban J connectivity index is 2.20. The lowest BCUT2D eigenvalue weighted by molar-refractivity contribution is -0.140. The fourth-order valence-electron chi connectivity index (χ4n) is 2.35. The SMILES string of the molecule is Cc1ccc(-c2cc3cc(C(F)(F)F)[nH]c3cc2Cl)c(Cl)c1. The van der Waals surface area contributed by atoms with Crippen molar-refractivity contribution in [2.24, 2.45) is 0 Å². The minimum atomic E-state index is -4.42. The van der Waals surface area contributed by atoms with Crippen LogP contribution in [0.2, 0.25) is 10.0 Å². The van der Waals surface area contributed by atoms with E-state index in [1.807, 2.05) is 19.1 Å². The average Bonchev–Trinajstić information content (AvgIpc) is 2.81. The molecule has 114 valence electrons. The molecule has 1 nitrogen and oxygen atoms in total.